The average molecular weight is 123 g/mol. The first-order valence-electron chi connectivity index (χ1n) is 1.39. The average Bonchev–Trinajstić information content (AvgIpc) is 1.65. The largest absolute Gasteiger partial charge is 0.0976 e. The molecule has 0 atom stereocenters. The lowest BCUT2D eigenvalue weighted by Gasteiger charge is -1.73. The Kier molecular flexibility index (Phi) is 3.29. The Hall–Kier alpha value is 0.0600. The molecule has 0 aromatic heterocycles. The molecule has 0 fully saturated rings. The van der Waals surface area contributed by atoms with Crippen LogP contribution in [-0.4, -0.2) is 0 Å². The summed E-state index contributed by atoms with van der Waals surface area (Å²) < 4.78 is 0. The molecule has 0 amide bonds. The summed E-state index contributed by atoms with van der Waals surface area (Å²) >= 11 is 10.3. The van der Waals surface area contributed by atoms with Gasteiger partial charge in [0.2, 0.25) is 0 Å². The van der Waals surface area contributed by atoms with Gasteiger partial charge in [0.1, 0.15) is 0 Å². The molecule has 0 N–H and O–H groups in total. The molecular weight excluding hydrogens is 119 g/mol. The van der Waals surface area contributed by atoms with E-state index in [0.29, 0.717) is 5.03 Å². The van der Waals surface area contributed by atoms with E-state index in [-0.39, 0.29) is 0 Å². The molecule has 0 nitrogen and oxygen atoms in total. The first-order valence-corrected chi connectivity index (χ1v) is 2.21. The summed E-state index contributed by atoms with van der Waals surface area (Å²) in [6.07, 6.45) is 1.47. The van der Waals surface area contributed by atoms with Crippen molar-refractivity contribution in [1.82, 2.24) is 0 Å². The Morgan fingerprint density at radius 2 is 2.17 bits per heavy atom. The van der Waals surface area contributed by atoms with Crippen molar-refractivity contribution in [3.63, 3.8) is 0 Å². The summed E-state index contributed by atoms with van der Waals surface area (Å²) in [6, 6.07) is 0. The van der Waals surface area contributed by atoms with Crippen molar-refractivity contribution in [2.45, 2.75) is 0 Å². The monoisotopic (exact) mass is 122 g/mol. The molecular formula is C4H4Cl2. The highest BCUT2D eigenvalue weighted by Crippen LogP contribution is 2.01. The topological polar surface area (TPSA) is 0 Å². The van der Waals surface area contributed by atoms with E-state index in [0.717, 1.165) is 0 Å². The van der Waals surface area contributed by atoms with E-state index < -0.39 is 0 Å². The smallest absolute Gasteiger partial charge is 0.0513 e. The molecule has 0 radical (unpaired) electrons. The van der Waals surface area contributed by atoms with Gasteiger partial charge in [-0.25, -0.2) is 0 Å². The summed E-state index contributed by atoms with van der Waals surface area (Å²) in [5.74, 6) is 0. The van der Waals surface area contributed by atoms with E-state index in [1.54, 1.807) is 0 Å². The lowest BCUT2D eigenvalue weighted by molar-refractivity contribution is 2.00. The highest BCUT2D eigenvalue weighted by atomic mass is 35.5. The van der Waals surface area contributed by atoms with Crippen LogP contribution in [0.3, 0.4) is 0 Å². The van der Waals surface area contributed by atoms with Crippen molar-refractivity contribution < 1.29 is 0 Å². The van der Waals surface area contributed by atoms with Gasteiger partial charge in [0.05, 0.1) is 5.03 Å². The SMILES string of the molecule is C=C/C(Cl)=C\Cl. The van der Waals surface area contributed by atoms with E-state index in [1.807, 2.05) is 0 Å². The zero-order chi connectivity index (χ0) is 4.99. The van der Waals surface area contributed by atoms with Crippen LogP contribution in [-0.2, 0) is 0 Å². The Balaban J connectivity index is 3.50. The second-order valence-electron chi connectivity index (χ2n) is 0.698. The molecule has 0 saturated heterocycles. The maximum Gasteiger partial charge on any atom is 0.0513 e. The maximum atomic E-state index is 5.26. The Bertz CT molecular complexity index is 73.6. The third kappa shape index (κ3) is 2.31. The second-order valence-corrected chi connectivity index (χ2v) is 1.35. The lowest BCUT2D eigenvalue weighted by Crippen LogP contribution is -1.48. The van der Waals surface area contributed by atoms with E-state index in [1.165, 1.54) is 11.6 Å². The van der Waals surface area contributed by atoms with Gasteiger partial charge in [0.15, 0.2) is 0 Å². The van der Waals surface area contributed by atoms with Crippen molar-refractivity contribution >= 4 is 23.2 Å². The lowest BCUT2D eigenvalue weighted by atomic mass is 10.6. The number of hydrogen-bond acceptors (Lipinski definition) is 0. The molecule has 0 aliphatic carbocycles. The van der Waals surface area contributed by atoms with Gasteiger partial charge in [-0.05, 0) is 6.08 Å². The summed E-state index contributed by atoms with van der Waals surface area (Å²) in [7, 11) is 0. The first kappa shape index (κ1) is 6.06. The van der Waals surface area contributed by atoms with Crippen molar-refractivity contribution in [2.75, 3.05) is 0 Å². The molecule has 0 bridgehead atoms. The van der Waals surface area contributed by atoms with Gasteiger partial charge < -0.3 is 0 Å². The van der Waals surface area contributed by atoms with Gasteiger partial charge >= 0.3 is 0 Å². The van der Waals surface area contributed by atoms with E-state index in [4.69, 9.17) is 23.2 Å². The Morgan fingerprint density at radius 1 is 1.67 bits per heavy atom. The molecule has 2 heteroatoms. The van der Waals surface area contributed by atoms with Gasteiger partial charge in [-0.3, -0.25) is 0 Å². The fourth-order valence-electron chi connectivity index (χ4n) is 0.0445. The number of halogens is 2. The van der Waals surface area contributed by atoms with Gasteiger partial charge in [0, 0.05) is 5.54 Å². The van der Waals surface area contributed by atoms with Crippen molar-refractivity contribution in [2.24, 2.45) is 0 Å². The molecule has 0 rings (SSSR count). The van der Waals surface area contributed by atoms with Crippen LogP contribution in [0.25, 0.3) is 0 Å². The highest BCUT2D eigenvalue weighted by Gasteiger charge is 1.72. The minimum absolute atomic E-state index is 0.469. The minimum Gasteiger partial charge on any atom is -0.0976 e. The Labute approximate surface area is 47.1 Å². The number of allylic oxidation sites excluding steroid dienone is 2. The van der Waals surface area contributed by atoms with Crippen LogP contribution in [0.2, 0.25) is 0 Å². The fourth-order valence-corrected chi connectivity index (χ4v) is 0.134. The van der Waals surface area contributed by atoms with Crippen LogP contribution < -0.4 is 0 Å². The van der Waals surface area contributed by atoms with Crippen LogP contribution in [0.15, 0.2) is 23.2 Å². The number of rotatable bonds is 1. The Morgan fingerprint density at radius 3 is 2.17 bits per heavy atom. The van der Waals surface area contributed by atoms with Gasteiger partial charge in [-0.2, -0.15) is 0 Å². The maximum absolute atomic E-state index is 5.26. The summed E-state index contributed by atoms with van der Waals surface area (Å²) in [5.41, 5.74) is 1.26. The highest BCUT2D eigenvalue weighted by molar-refractivity contribution is 6.37. The molecule has 6 heavy (non-hydrogen) atoms. The van der Waals surface area contributed by atoms with Crippen LogP contribution in [0, 0.1) is 0 Å². The molecule has 0 heterocycles. The van der Waals surface area contributed by atoms with Crippen LogP contribution >= 0.6 is 23.2 Å². The molecule has 0 aromatic rings. The molecule has 0 aliphatic rings. The predicted octanol–water partition coefficient (Wildman–Crippen LogP) is 2.49. The molecule has 0 saturated carbocycles. The van der Waals surface area contributed by atoms with Crippen molar-refractivity contribution in [1.29, 1.82) is 0 Å². The third-order valence-electron chi connectivity index (χ3n) is 0.299. The zero-order valence-corrected chi connectivity index (χ0v) is 4.63. The van der Waals surface area contributed by atoms with E-state index in [2.05, 4.69) is 6.58 Å². The second kappa shape index (κ2) is 3.26. The normalized spacial score (nSPS) is 11.3. The quantitative estimate of drug-likeness (QED) is 0.470. The third-order valence-corrected chi connectivity index (χ3v) is 0.909. The zero-order valence-electron chi connectivity index (χ0n) is 3.12. The van der Waals surface area contributed by atoms with Gasteiger partial charge in [-0.1, -0.05) is 29.8 Å². The first-order chi connectivity index (χ1) is 2.81. The summed E-state index contributed by atoms with van der Waals surface area (Å²) in [4.78, 5) is 0. The predicted molar refractivity (Wildman–Crippen MR) is 30.0 cm³/mol. The van der Waals surface area contributed by atoms with E-state index in [9.17, 15) is 0 Å². The summed E-state index contributed by atoms with van der Waals surface area (Å²) in [5, 5.41) is 0.469. The van der Waals surface area contributed by atoms with Crippen molar-refractivity contribution in [3.8, 4) is 0 Å². The van der Waals surface area contributed by atoms with Gasteiger partial charge in [-0.15, -0.1) is 0 Å². The molecule has 34 valence electrons. The molecule has 0 unspecified atom stereocenters. The van der Waals surface area contributed by atoms with Crippen LogP contribution in [0.1, 0.15) is 0 Å². The van der Waals surface area contributed by atoms with Crippen LogP contribution in [0.4, 0.5) is 0 Å². The molecule has 0 aromatic carbocycles. The van der Waals surface area contributed by atoms with E-state index >= 15 is 0 Å². The molecule has 0 aliphatic heterocycles. The van der Waals surface area contributed by atoms with Crippen molar-refractivity contribution in [3.05, 3.63) is 23.2 Å². The number of hydrogen-bond donors (Lipinski definition) is 0. The standard InChI is InChI=1S/C4H4Cl2/c1-2-4(6)3-5/h2-3H,1H2/b4-3+. The molecule has 0 spiro atoms. The van der Waals surface area contributed by atoms with Gasteiger partial charge in [0.25, 0.3) is 0 Å². The summed E-state index contributed by atoms with van der Waals surface area (Å²) in [6.45, 7) is 3.35. The minimum atomic E-state index is 0.469. The fraction of sp³-hybridized carbons (Fsp3) is 0. The van der Waals surface area contributed by atoms with Crippen LogP contribution in [0.5, 0.6) is 0 Å².